The predicted octanol–water partition coefficient (Wildman–Crippen LogP) is 3.46. The molecule has 25 heavy (non-hydrogen) atoms. The van der Waals surface area contributed by atoms with Gasteiger partial charge in [-0.25, -0.2) is 4.79 Å². The number of hydrogen-bond donors (Lipinski definition) is 1. The molecule has 2 rings (SSSR count). The Morgan fingerprint density at radius 1 is 1.08 bits per heavy atom. The van der Waals surface area contributed by atoms with Crippen LogP contribution in [-0.4, -0.2) is 32.0 Å². The van der Waals surface area contributed by atoms with Crippen LogP contribution >= 0.6 is 0 Å². The molecule has 5 nitrogen and oxygen atoms in total. The maximum Gasteiger partial charge on any atom is 0.333 e. The maximum atomic E-state index is 12.7. The van der Waals surface area contributed by atoms with Crippen LogP contribution in [0.15, 0.2) is 60.7 Å². The van der Waals surface area contributed by atoms with Crippen molar-refractivity contribution in [3.63, 3.8) is 0 Å². The molecule has 0 aromatic heterocycles. The normalized spacial score (nSPS) is 10.0. The van der Waals surface area contributed by atoms with Crippen LogP contribution in [-0.2, 0) is 9.53 Å². The summed E-state index contributed by atoms with van der Waals surface area (Å²) in [5.74, 6) is 0.177. The fraction of sp³-hybridized carbons (Fsp3) is 0.200. The highest BCUT2D eigenvalue weighted by atomic mass is 16.5. The molecule has 0 atom stereocenters. The molecule has 0 bridgehead atoms. The molecule has 0 amide bonds. The van der Waals surface area contributed by atoms with Crippen LogP contribution in [0.2, 0.25) is 0 Å². The van der Waals surface area contributed by atoms with Crippen molar-refractivity contribution in [2.24, 2.45) is 0 Å². The Labute approximate surface area is 147 Å². The molecular weight excluding hydrogens is 318 g/mol. The van der Waals surface area contributed by atoms with E-state index in [9.17, 15) is 9.59 Å². The van der Waals surface area contributed by atoms with E-state index < -0.39 is 5.97 Å². The van der Waals surface area contributed by atoms with Crippen molar-refractivity contribution in [1.29, 1.82) is 0 Å². The third-order valence-corrected chi connectivity index (χ3v) is 3.52. The number of hydrogen-bond acceptors (Lipinski definition) is 5. The Kier molecular flexibility index (Phi) is 6.34. The van der Waals surface area contributed by atoms with E-state index in [2.05, 4.69) is 11.9 Å². The number of anilines is 1. The minimum Gasteiger partial charge on any atom is -0.497 e. The van der Waals surface area contributed by atoms with Gasteiger partial charge >= 0.3 is 5.97 Å². The molecule has 0 radical (unpaired) electrons. The van der Waals surface area contributed by atoms with Gasteiger partial charge in [-0.05, 0) is 43.3 Å². The van der Waals surface area contributed by atoms with E-state index in [1.54, 1.807) is 44.4 Å². The second-order valence-electron chi connectivity index (χ2n) is 5.45. The van der Waals surface area contributed by atoms with Gasteiger partial charge in [0.1, 0.15) is 12.4 Å². The van der Waals surface area contributed by atoms with Gasteiger partial charge in [0, 0.05) is 28.9 Å². The number of carbonyl (C=O) groups excluding carboxylic acids is 2. The zero-order valence-electron chi connectivity index (χ0n) is 14.4. The fourth-order valence-corrected chi connectivity index (χ4v) is 2.19. The summed E-state index contributed by atoms with van der Waals surface area (Å²) in [5.41, 5.74) is 2.17. The lowest BCUT2D eigenvalue weighted by Gasteiger charge is -2.12. The topological polar surface area (TPSA) is 64.6 Å². The summed E-state index contributed by atoms with van der Waals surface area (Å²) in [7, 11) is 1.58. The van der Waals surface area contributed by atoms with E-state index in [4.69, 9.17) is 9.47 Å². The van der Waals surface area contributed by atoms with Crippen LogP contribution in [0.5, 0.6) is 5.75 Å². The number of rotatable bonds is 8. The molecule has 0 unspecified atom stereocenters. The van der Waals surface area contributed by atoms with Crippen LogP contribution in [0.4, 0.5) is 5.69 Å². The Balaban J connectivity index is 2.05. The quantitative estimate of drug-likeness (QED) is 0.345. The number of carbonyl (C=O) groups is 2. The molecule has 0 aliphatic rings. The van der Waals surface area contributed by atoms with Crippen LogP contribution in [0, 0.1) is 0 Å². The molecule has 130 valence electrons. The molecule has 5 heteroatoms. The number of nitrogens with one attached hydrogen (secondary N) is 1. The summed E-state index contributed by atoms with van der Waals surface area (Å²) in [4.78, 5) is 24.1. The number of benzene rings is 2. The van der Waals surface area contributed by atoms with Crippen molar-refractivity contribution in [3.05, 3.63) is 71.8 Å². The number of para-hydroxylation sites is 1. The maximum absolute atomic E-state index is 12.7. The van der Waals surface area contributed by atoms with E-state index in [0.717, 1.165) is 0 Å². The van der Waals surface area contributed by atoms with Crippen LogP contribution in [0.3, 0.4) is 0 Å². The zero-order chi connectivity index (χ0) is 18.2. The minimum atomic E-state index is -0.426. The summed E-state index contributed by atoms with van der Waals surface area (Å²) in [5, 5.41) is 3.13. The first-order chi connectivity index (χ1) is 12.0. The van der Waals surface area contributed by atoms with Gasteiger partial charge in [-0.15, -0.1) is 0 Å². The van der Waals surface area contributed by atoms with Gasteiger partial charge in [-0.1, -0.05) is 18.7 Å². The largest absolute Gasteiger partial charge is 0.497 e. The first kappa shape index (κ1) is 18.3. The molecule has 0 saturated carbocycles. The highest BCUT2D eigenvalue weighted by Crippen LogP contribution is 2.20. The van der Waals surface area contributed by atoms with Gasteiger partial charge in [0.15, 0.2) is 5.78 Å². The van der Waals surface area contributed by atoms with Crippen molar-refractivity contribution in [2.75, 3.05) is 25.6 Å². The highest BCUT2D eigenvalue weighted by molar-refractivity contribution is 6.12. The smallest absolute Gasteiger partial charge is 0.333 e. The van der Waals surface area contributed by atoms with E-state index in [1.807, 2.05) is 18.2 Å². The molecular formula is C20H21NO4. The standard InChI is InChI=1S/C20H21NO4/c1-14(2)20(23)25-13-12-21-18-7-5-4-6-17(18)19(22)15-8-10-16(24-3)11-9-15/h4-11,21H,1,12-13H2,2-3H3. The third kappa shape index (κ3) is 4.94. The predicted molar refractivity (Wildman–Crippen MR) is 97.1 cm³/mol. The van der Waals surface area contributed by atoms with Crippen LogP contribution in [0.25, 0.3) is 0 Å². The summed E-state index contributed by atoms with van der Waals surface area (Å²) < 4.78 is 10.1. The molecule has 0 heterocycles. The Bertz CT molecular complexity index is 766. The van der Waals surface area contributed by atoms with Crippen molar-refractivity contribution >= 4 is 17.4 Å². The second kappa shape index (κ2) is 8.68. The van der Waals surface area contributed by atoms with Crippen LogP contribution in [0.1, 0.15) is 22.8 Å². The highest BCUT2D eigenvalue weighted by Gasteiger charge is 2.13. The van der Waals surface area contributed by atoms with E-state index >= 15 is 0 Å². The van der Waals surface area contributed by atoms with Crippen molar-refractivity contribution in [2.45, 2.75) is 6.92 Å². The number of methoxy groups -OCH3 is 1. The van der Waals surface area contributed by atoms with Gasteiger partial charge in [-0.2, -0.15) is 0 Å². The summed E-state index contributed by atoms with van der Waals surface area (Å²) in [6, 6.07) is 14.2. The number of esters is 1. The molecule has 2 aromatic carbocycles. The van der Waals surface area contributed by atoms with Gasteiger partial charge in [-0.3, -0.25) is 4.79 Å². The number of ketones is 1. The SMILES string of the molecule is C=C(C)C(=O)OCCNc1ccccc1C(=O)c1ccc(OC)cc1. The molecule has 0 aliphatic heterocycles. The summed E-state index contributed by atoms with van der Waals surface area (Å²) >= 11 is 0. The molecule has 0 spiro atoms. The van der Waals surface area contributed by atoms with Gasteiger partial charge in [0.25, 0.3) is 0 Å². The average molecular weight is 339 g/mol. The first-order valence-corrected chi connectivity index (χ1v) is 7.87. The van der Waals surface area contributed by atoms with Crippen LogP contribution < -0.4 is 10.1 Å². The molecule has 0 saturated heterocycles. The monoisotopic (exact) mass is 339 g/mol. The summed E-state index contributed by atoms with van der Waals surface area (Å²) in [6.45, 7) is 5.71. The molecule has 1 N–H and O–H groups in total. The average Bonchev–Trinajstić information content (AvgIpc) is 2.64. The lowest BCUT2D eigenvalue weighted by atomic mass is 10.0. The van der Waals surface area contributed by atoms with Crippen molar-refractivity contribution in [3.8, 4) is 5.75 Å². The Morgan fingerprint density at radius 3 is 2.40 bits per heavy atom. The van der Waals surface area contributed by atoms with Gasteiger partial charge in [0.2, 0.25) is 0 Å². The van der Waals surface area contributed by atoms with E-state index in [0.29, 0.717) is 34.7 Å². The second-order valence-corrected chi connectivity index (χ2v) is 5.45. The van der Waals surface area contributed by atoms with Gasteiger partial charge < -0.3 is 14.8 Å². The fourth-order valence-electron chi connectivity index (χ4n) is 2.19. The minimum absolute atomic E-state index is 0.0929. The molecule has 0 aliphatic carbocycles. The lowest BCUT2D eigenvalue weighted by molar-refractivity contribution is -0.138. The lowest BCUT2D eigenvalue weighted by Crippen LogP contribution is -2.15. The van der Waals surface area contributed by atoms with E-state index in [1.165, 1.54) is 0 Å². The zero-order valence-corrected chi connectivity index (χ0v) is 14.4. The number of ether oxygens (including phenoxy) is 2. The third-order valence-electron chi connectivity index (χ3n) is 3.52. The first-order valence-electron chi connectivity index (χ1n) is 7.87. The molecule has 2 aromatic rings. The summed E-state index contributed by atoms with van der Waals surface area (Å²) in [6.07, 6.45) is 0. The molecule has 0 fully saturated rings. The Morgan fingerprint density at radius 2 is 1.76 bits per heavy atom. The van der Waals surface area contributed by atoms with E-state index in [-0.39, 0.29) is 12.4 Å². The van der Waals surface area contributed by atoms with Crippen molar-refractivity contribution < 1.29 is 19.1 Å². The van der Waals surface area contributed by atoms with Crippen molar-refractivity contribution in [1.82, 2.24) is 0 Å². The van der Waals surface area contributed by atoms with Gasteiger partial charge in [0.05, 0.1) is 7.11 Å². The Hall–Kier alpha value is -3.08.